The molecule has 0 spiro atoms. The fraction of sp³-hybridized carbons (Fsp3) is 0.500. The third-order valence-electron chi connectivity index (χ3n) is 4.58. The number of benzene rings is 1. The van der Waals surface area contributed by atoms with E-state index in [1.807, 2.05) is 43.6 Å². The lowest BCUT2D eigenvalue weighted by molar-refractivity contribution is -0.141. The fourth-order valence-electron chi connectivity index (χ4n) is 3.18. The van der Waals surface area contributed by atoms with E-state index in [-0.39, 0.29) is 11.9 Å². The molecular formula is C16H21ClN2O2. The van der Waals surface area contributed by atoms with Gasteiger partial charge in [-0.3, -0.25) is 15.0 Å². The smallest absolute Gasteiger partial charge is 0.251 e. The Bertz CT molecular complexity index is 553. The summed E-state index contributed by atoms with van der Waals surface area (Å²) in [4.78, 5) is 16.9. The minimum atomic E-state index is -0.644. The number of rotatable bonds is 5. The summed E-state index contributed by atoms with van der Waals surface area (Å²) in [7, 11) is 0. The number of aliphatic imine (C=N–C) groups is 1. The average molecular weight is 309 g/mol. The highest BCUT2D eigenvalue weighted by Gasteiger charge is 2.44. The summed E-state index contributed by atoms with van der Waals surface area (Å²) in [6.45, 7) is 3.93. The van der Waals surface area contributed by atoms with Crippen LogP contribution < -0.4 is 5.48 Å². The molecule has 5 heteroatoms. The molecule has 0 fully saturated rings. The third kappa shape index (κ3) is 2.97. The van der Waals surface area contributed by atoms with Gasteiger partial charge in [-0.2, -0.15) is 0 Å². The number of carbonyl (C=O) groups is 1. The van der Waals surface area contributed by atoms with Crippen molar-refractivity contribution in [2.45, 2.75) is 45.6 Å². The first-order chi connectivity index (χ1) is 10.1. The van der Waals surface area contributed by atoms with Gasteiger partial charge in [-0.05, 0) is 43.4 Å². The van der Waals surface area contributed by atoms with Gasteiger partial charge in [-0.15, -0.1) is 0 Å². The molecule has 1 aliphatic heterocycles. The molecule has 2 N–H and O–H groups in total. The summed E-state index contributed by atoms with van der Waals surface area (Å²) in [5.41, 5.74) is 3.17. The molecule has 1 atom stereocenters. The lowest BCUT2D eigenvalue weighted by Crippen LogP contribution is -2.45. The van der Waals surface area contributed by atoms with Crippen LogP contribution >= 0.6 is 11.6 Å². The average Bonchev–Trinajstić information content (AvgIpc) is 2.99. The number of hydrogen-bond donors (Lipinski definition) is 2. The van der Waals surface area contributed by atoms with E-state index >= 15 is 0 Å². The van der Waals surface area contributed by atoms with E-state index < -0.39 is 5.41 Å². The molecule has 2 rings (SSSR count). The zero-order chi connectivity index (χ0) is 15.5. The highest BCUT2D eigenvalue weighted by Crippen LogP contribution is 2.39. The second kappa shape index (κ2) is 6.58. The molecule has 1 aromatic rings. The fourth-order valence-corrected chi connectivity index (χ4v) is 3.37. The third-order valence-corrected chi connectivity index (χ3v) is 4.81. The Morgan fingerprint density at radius 1 is 1.48 bits per heavy atom. The number of nitrogens with one attached hydrogen (secondary N) is 1. The minimum Gasteiger partial charge on any atom is -0.289 e. The Morgan fingerprint density at radius 3 is 2.76 bits per heavy atom. The van der Waals surface area contributed by atoms with Gasteiger partial charge in [-0.1, -0.05) is 37.6 Å². The van der Waals surface area contributed by atoms with Crippen LogP contribution in [-0.2, 0) is 4.79 Å². The van der Waals surface area contributed by atoms with Gasteiger partial charge >= 0.3 is 0 Å². The molecule has 0 radical (unpaired) electrons. The molecule has 1 amide bonds. The van der Waals surface area contributed by atoms with E-state index in [0.717, 1.165) is 24.1 Å². The molecule has 0 unspecified atom stereocenters. The molecule has 1 heterocycles. The molecule has 0 saturated carbocycles. The Labute approximate surface area is 130 Å². The number of nitrogens with zero attached hydrogens (tertiary/aromatic N) is 1. The Hall–Kier alpha value is -1.39. The monoisotopic (exact) mass is 308 g/mol. The van der Waals surface area contributed by atoms with Gasteiger partial charge in [-0.25, -0.2) is 5.48 Å². The summed E-state index contributed by atoms with van der Waals surface area (Å²) >= 11 is 6.02. The number of halogens is 1. The second-order valence-corrected chi connectivity index (χ2v) is 5.88. The van der Waals surface area contributed by atoms with Crippen molar-refractivity contribution >= 4 is 23.2 Å². The van der Waals surface area contributed by atoms with E-state index in [4.69, 9.17) is 21.8 Å². The van der Waals surface area contributed by atoms with Crippen LogP contribution in [0.1, 0.15) is 45.1 Å². The van der Waals surface area contributed by atoms with Crippen LogP contribution in [0.5, 0.6) is 0 Å². The Morgan fingerprint density at radius 2 is 2.19 bits per heavy atom. The van der Waals surface area contributed by atoms with Crippen molar-refractivity contribution in [1.82, 2.24) is 5.48 Å². The summed E-state index contributed by atoms with van der Waals surface area (Å²) in [5, 5.41) is 9.73. The molecule has 21 heavy (non-hydrogen) atoms. The van der Waals surface area contributed by atoms with E-state index in [1.165, 1.54) is 0 Å². The maximum Gasteiger partial charge on any atom is 0.251 e. The maximum absolute atomic E-state index is 12.1. The highest BCUT2D eigenvalue weighted by molar-refractivity contribution is 6.31. The summed E-state index contributed by atoms with van der Waals surface area (Å²) in [6.07, 6.45) is 2.93. The van der Waals surface area contributed by atoms with Gasteiger partial charge in [0.1, 0.15) is 0 Å². The van der Waals surface area contributed by atoms with Gasteiger partial charge in [0.15, 0.2) is 0 Å². The topological polar surface area (TPSA) is 61.7 Å². The van der Waals surface area contributed by atoms with Crippen LogP contribution in [0.25, 0.3) is 0 Å². The summed E-state index contributed by atoms with van der Waals surface area (Å²) in [6, 6.07) is 7.52. The lowest BCUT2D eigenvalue weighted by Gasteiger charge is -2.33. The molecule has 114 valence electrons. The van der Waals surface area contributed by atoms with Crippen LogP contribution in [0.4, 0.5) is 0 Å². The van der Waals surface area contributed by atoms with Gasteiger partial charge in [0.25, 0.3) is 5.91 Å². The number of hydrogen-bond acceptors (Lipinski definition) is 3. The van der Waals surface area contributed by atoms with Crippen molar-refractivity contribution in [1.29, 1.82) is 0 Å². The van der Waals surface area contributed by atoms with Crippen molar-refractivity contribution in [3.8, 4) is 0 Å². The highest BCUT2D eigenvalue weighted by atomic mass is 35.5. The summed E-state index contributed by atoms with van der Waals surface area (Å²) < 4.78 is 0. The molecule has 0 saturated heterocycles. The van der Waals surface area contributed by atoms with Crippen molar-refractivity contribution in [2.24, 2.45) is 10.4 Å². The maximum atomic E-state index is 12.1. The molecule has 0 aliphatic carbocycles. The first-order valence-electron chi connectivity index (χ1n) is 7.34. The molecule has 4 nitrogen and oxygen atoms in total. The quantitative estimate of drug-likeness (QED) is 0.645. The van der Waals surface area contributed by atoms with Gasteiger partial charge in [0.05, 0.1) is 11.5 Å². The van der Waals surface area contributed by atoms with Crippen LogP contribution in [0.3, 0.4) is 0 Å². The molecular weight excluding hydrogens is 288 g/mol. The van der Waals surface area contributed by atoms with E-state index in [0.29, 0.717) is 17.9 Å². The Balaban J connectivity index is 2.32. The predicted octanol–water partition coefficient (Wildman–Crippen LogP) is 3.60. The number of amides is 1. The van der Waals surface area contributed by atoms with Crippen LogP contribution in [0, 0.1) is 5.41 Å². The van der Waals surface area contributed by atoms with Crippen molar-refractivity contribution in [2.75, 3.05) is 0 Å². The van der Waals surface area contributed by atoms with Crippen LogP contribution in [0.15, 0.2) is 29.3 Å². The summed E-state index contributed by atoms with van der Waals surface area (Å²) in [5.74, 6) is -0.339. The predicted molar refractivity (Wildman–Crippen MR) is 84.0 cm³/mol. The Kier molecular flexibility index (Phi) is 5.01. The second-order valence-electron chi connectivity index (χ2n) is 5.44. The molecule has 0 bridgehead atoms. The SMILES string of the molecule is CCC(CC)(C(=O)NO)[C@H]1CCC(c2cccc(Cl)c2)=N1. The lowest BCUT2D eigenvalue weighted by atomic mass is 9.74. The zero-order valence-corrected chi connectivity index (χ0v) is 13.2. The van der Waals surface area contributed by atoms with Crippen LogP contribution in [-0.4, -0.2) is 22.9 Å². The van der Waals surface area contributed by atoms with Gasteiger partial charge < -0.3 is 0 Å². The number of carbonyl (C=O) groups excluding carboxylic acids is 1. The molecule has 0 aromatic heterocycles. The molecule has 1 aromatic carbocycles. The minimum absolute atomic E-state index is 0.103. The van der Waals surface area contributed by atoms with Crippen LogP contribution in [0.2, 0.25) is 5.02 Å². The van der Waals surface area contributed by atoms with E-state index in [2.05, 4.69) is 0 Å². The first kappa shape index (κ1) is 16.0. The van der Waals surface area contributed by atoms with E-state index in [9.17, 15) is 4.79 Å². The van der Waals surface area contributed by atoms with E-state index in [1.54, 1.807) is 0 Å². The van der Waals surface area contributed by atoms with Gasteiger partial charge in [0, 0.05) is 10.7 Å². The number of hydroxylamine groups is 1. The largest absolute Gasteiger partial charge is 0.289 e. The molecule has 1 aliphatic rings. The first-order valence-corrected chi connectivity index (χ1v) is 7.72. The zero-order valence-electron chi connectivity index (χ0n) is 12.4. The van der Waals surface area contributed by atoms with Crippen molar-refractivity contribution < 1.29 is 10.0 Å². The normalized spacial score (nSPS) is 18.5. The standard InChI is InChI=1S/C16H21ClN2O2/c1-3-16(4-2,15(20)19-21)14-9-8-13(18-14)11-6-5-7-12(17)10-11/h5-7,10,14,21H,3-4,8-9H2,1-2H3,(H,19,20)/t14-/m1/s1. The van der Waals surface area contributed by atoms with Crippen molar-refractivity contribution in [3.05, 3.63) is 34.9 Å². The van der Waals surface area contributed by atoms with Gasteiger partial charge in [0.2, 0.25) is 0 Å². The van der Waals surface area contributed by atoms with Crippen molar-refractivity contribution in [3.63, 3.8) is 0 Å².